The minimum absolute atomic E-state index is 0.111. The summed E-state index contributed by atoms with van der Waals surface area (Å²) in [5, 5.41) is 7.50. The maximum absolute atomic E-state index is 11.9. The number of nitrogens with zero attached hydrogens (tertiary/aromatic N) is 2. The van der Waals surface area contributed by atoms with Gasteiger partial charge in [-0.2, -0.15) is 0 Å². The molecule has 0 bridgehead atoms. The van der Waals surface area contributed by atoms with Crippen LogP contribution in [0.3, 0.4) is 0 Å². The largest absolute Gasteiger partial charge is 0.490 e. The van der Waals surface area contributed by atoms with Crippen molar-refractivity contribution in [3.8, 4) is 5.75 Å². The molecule has 162 valence electrons. The number of piperidine rings is 1. The molecule has 0 spiro atoms. The number of benzene rings is 1. The number of nitrogens with one attached hydrogen (secondary N) is 2. The molecule has 1 saturated heterocycles. The number of furan rings is 1. The van der Waals surface area contributed by atoms with Gasteiger partial charge in [0, 0.05) is 31.3 Å². The van der Waals surface area contributed by atoms with Crippen LogP contribution in [-0.4, -0.2) is 48.9 Å². The number of aliphatic imine (C=N–C) groups is 1. The van der Waals surface area contributed by atoms with Crippen molar-refractivity contribution in [3.05, 3.63) is 30.0 Å². The Bertz CT molecular complexity index is 905. The molecule has 3 rings (SSSR count). The number of imide groups is 1. The lowest BCUT2D eigenvalue weighted by Crippen LogP contribution is -2.42. The topological polar surface area (TPSA) is 96.2 Å². The fourth-order valence-electron chi connectivity index (χ4n) is 3.45. The van der Waals surface area contributed by atoms with Crippen LogP contribution >= 0.6 is 0 Å². The van der Waals surface area contributed by atoms with Crippen molar-refractivity contribution in [2.24, 2.45) is 4.99 Å². The third-order valence-electron chi connectivity index (χ3n) is 4.93. The van der Waals surface area contributed by atoms with E-state index in [-0.39, 0.29) is 17.9 Å². The van der Waals surface area contributed by atoms with Gasteiger partial charge in [0.05, 0.1) is 19.2 Å². The molecule has 1 aromatic heterocycles. The van der Waals surface area contributed by atoms with E-state index in [4.69, 9.17) is 9.15 Å². The number of hydrogen-bond donors (Lipinski definition) is 2. The van der Waals surface area contributed by atoms with Crippen molar-refractivity contribution in [1.82, 2.24) is 15.5 Å². The molecule has 1 fully saturated rings. The van der Waals surface area contributed by atoms with Gasteiger partial charge in [-0.05, 0) is 39.3 Å². The van der Waals surface area contributed by atoms with E-state index in [9.17, 15) is 9.59 Å². The van der Waals surface area contributed by atoms with Crippen LogP contribution in [0.25, 0.3) is 11.0 Å². The first-order valence-electron chi connectivity index (χ1n) is 10.6. The molecular weight excluding hydrogens is 384 g/mol. The Morgan fingerprint density at radius 1 is 1.27 bits per heavy atom. The van der Waals surface area contributed by atoms with Crippen LogP contribution in [0.1, 0.15) is 51.8 Å². The molecule has 0 radical (unpaired) electrons. The van der Waals surface area contributed by atoms with Gasteiger partial charge in [0.25, 0.3) is 0 Å². The number of fused-ring (bicyclic) bond motifs is 1. The van der Waals surface area contributed by atoms with Crippen molar-refractivity contribution in [3.63, 3.8) is 0 Å². The molecule has 0 saturated carbocycles. The molecule has 8 nitrogen and oxygen atoms in total. The van der Waals surface area contributed by atoms with E-state index in [0.29, 0.717) is 51.5 Å². The third-order valence-corrected chi connectivity index (χ3v) is 4.93. The molecule has 2 amide bonds. The Morgan fingerprint density at radius 3 is 2.73 bits per heavy atom. The molecule has 2 aromatic rings. The zero-order valence-electron chi connectivity index (χ0n) is 17.9. The van der Waals surface area contributed by atoms with Crippen molar-refractivity contribution >= 4 is 28.7 Å². The molecule has 1 aliphatic heterocycles. The minimum Gasteiger partial charge on any atom is -0.490 e. The lowest BCUT2D eigenvalue weighted by molar-refractivity contribution is -0.147. The van der Waals surface area contributed by atoms with Crippen LogP contribution in [0.4, 0.5) is 0 Å². The second-order valence-electron chi connectivity index (χ2n) is 7.18. The zero-order valence-corrected chi connectivity index (χ0v) is 17.9. The summed E-state index contributed by atoms with van der Waals surface area (Å²) >= 11 is 0. The standard InChI is InChI=1S/C22H30N4O4/c1-4-23-22(24-12-13-26-19(27)10-7-11-20(26)28)25-15(3)18-14-16-8-6-9-17(29-5-2)21(16)30-18/h6,8-9,14-15H,4-5,7,10-13H2,1-3H3,(H2,23,24,25). The highest BCUT2D eigenvalue weighted by atomic mass is 16.5. The lowest BCUT2D eigenvalue weighted by atomic mass is 10.1. The van der Waals surface area contributed by atoms with Gasteiger partial charge in [-0.1, -0.05) is 12.1 Å². The van der Waals surface area contributed by atoms with Gasteiger partial charge >= 0.3 is 0 Å². The smallest absolute Gasteiger partial charge is 0.229 e. The molecule has 0 aliphatic carbocycles. The van der Waals surface area contributed by atoms with Gasteiger partial charge in [-0.15, -0.1) is 0 Å². The highest BCUT2D eigenvalue weighted by molar-refractivity contribution is 5.97. The predicted molar refractivity (Wildman–Crippen MR) is 115 cm³/mol. The van der Waals surface area contributed by atoms with E-state index in [1.807, 2.05) is 45.0 Å². The van der Waals surface area contributed by atoms with E-state index in [1.54, 1.807) is 0 Å². The lowest BCUT2D eigenvalue weighted by Gasteiger charge is -2.24. The van der Waals surface area contributed by atoms with Gasteiger partial charge < -0.3 is 19.8 Å². The summed E-state index contributed by atoms with van der Waals surface area (Å²) in [5.74, 6) is 1.88. The van der Waals surface area contributed by atoms with E-state index in [1.165, 1.54) is 4.90 Å². The van der Waals surface area contributed by atoms with Gasteiger partial charge in [-0.3, -0.25) is 19.5 Å². The number of amides is 2. The normalized spacial score (nSPS) is 16.1. The number of hydrogen-bond acceptors (Lipinski definition) is 5. The van der Waals surface area contributed by atoms with Crippen LogP contribution in [0.2, 0.25) is 0 Å². The number of para-hydroxylation sites is 1. The third kappa shape index (κ3) is 5.11. The van der Waals surface area contributed by atoms with Gasteiger partial charge in [0.15, 0.2) is 17.3 Å². The van der Waals surface area contributed by atoms with Crippen molar-refractivity contribution in [1.29, 1.82) is 0 Å². The molecular formula is C22H30N4O4. The maximum Gasteiger partial charge on any atom is 0.229 e. The van der Waals surface area contributed by atoms with Crippen molar-refractivity contribution in [2.75, 3.05) is 26.2 Å². The second kappa shape index (κ2) is 10.1. The Hall–Kier alpha value is -3.03. The first-order chi connectivity index (χ1) is 14.5. The highest BCUT2D eigenvalue weighted by Crippen LogP contribution is 2.31. The summed E-state index contributed by atoms with van der Waals surface area (Å²) in [4.78, 5) is 29.7. The highest BCUT2D eigenvalue weighted by Gasteiger charge is 2.25. The summed E-state index contributed by atoms with van der Waals surface area (Å²) in [7, 11) is 0. The number of carbonyl (C=O) groups is 2. The predicted octanol–water partition coefficient (Wildman–Crippen LogP) is 2.99. The van der Waals surface area contributed by atoms with Gasteiger partial charge in [-0.25, -0.2) is 0 Å². The number of rotatable bonds is 8. The van der Waals surface area contributed by atoms with E-state index < -0.39 is 0 Å². The molecule has 30 heavy (non-hydrogen) atoms. The maximum atomic E-state index is 11.9. The van der Waals surface area contributed by atoms with Crippen LogP contribution in [0.15, 0.2) is 33.7 Å². The average molecular weight is 415 g/mol. The summed E-state index contributed by atoms with van der Waals surface area (Å²) in [6.45, 7) is 7.81. The molecule has 8 heteroatoms. The number of likely N-dealkylation sites (tertiary alicyclic amines) is 1. The minimum atomic E-state index is -0.136. The molecule has 1 aliphatic rings. The Balaban J connectivity index is 1.67. The fraction of sp³-hybridized carbons (Fsp3) is 0.500. The number of guanidine groups is 1. The fourth-order valence-corrected chi connectivity index (χ4v) is 3.45. The molecule has 1 aromatic carbocycles. The Morgan fingerprint density at radius 2 is 2.03 bits per heavy atom. The quantitative estimate of drug-likeness (QED) is 0.392. The van der Waals surface area contributed by atoms with E-state index in [2.05, 4.69) is 15.6 Å². The molecule has 2 N–H and O–H groups in total. The van der Waals surface area contributed by atoms with Crippen LogP contribution in [-0.2, 0) is 9.59 Å². The Labute approximate surface area is 176 Å². The van der Waals surface area contributed by atoms with Crippen LogP contribution in [0, 0.1) is 0 Å². The summed E-state index contributed by atoms with van der Waals surface area (Å²) in [5.41, 5.74) is 0.729. The van der Waals surface area contributed by atoms with Gasteiger partial charge in [0.1, 0.15) is 5.76 Å². The monoisotopic (exact) mass is 414 g/mol. The van der Waals surface area contributed by atoms with Crippen LogP contribution in [0.5, 0.6) is 5.75 Å². The zero-order chi connectivity index (χ0) is 21.5. The number of carbonyl (C=O) groups excluding carboxylic acids is 2. The van der Waals surface area contributed by atoms with Crippen LogP contribution < -0.4 is 15.4 Å². The summed E-state index contributed by atoms with van der Waals surface area (Å²) < 4.78 is 11.7. The summed E-state index contributed by atoms with van der Waals surface area (Å²) in [6, 6.07) is 7.68. The molecule has 1 unspecified atom stereocenters. The average Bonchev–Trinajstić information content (AvgIpc) is 3.16. The van der Waals surface area contributed by atoms with E-state index >= 15 is 0 Å². The van der Waals surface area contributed by atoms with Crippen molar-refractivity contribution in [2.45, 2.75) is 46.1 Å². The first-order valence-corrected chi connectivity index (χ1v) is 10.6. The van der Waals surface area contributed by atoms with Gasteiger partial charge in [0.2, 0.25) is 11.8 Å². The number of ether oxygens (including phenoxy) is 1. The van der Waals surface area contributed by atoms with E-state index in [0.717, 1.165) is 22.5 Å². The summed E-state index contributed by atoms with van der Waals surface area (Å²) in [6.07, 6.45) is 1.50. The van der Waals surface area contributed by atoms with Crippen molar-refractivity contribution < 1.29 is 18.7 Å². The SMILES string of the molecule is CCNC(=NCCN1C(=O)CCCC1=O)NC(C)c1cc2cccc(OCC)c2o1. The molecule has 1 atom stereocenters. The molecule has 2 heterocycles. The second-order valence-corrected chi connectivity index (χ2v) is 7.18. The Kier molecular flexibility index (Phi) is 7.32. The first kappa shape index (κ1) is 21.7.